The SMILES string of the molecule is CC(OC(=O)c1cccc(N2C(=O)c3ccccc3C2=O)c1)C(=O)Nc1cccc(F)c1. The zero-order chi connectivity index (χ0) is 22.8. The minimum Gasteiger partial charge on any atom is -0.449 e. The van der Waals surface area contributed by atoms with Crippen LogP contribution in [0, 0.1) is 5.82 Å². The van der Waals surface area contributed by atoms with Crippen molar-refractivity contribution in [3.05, 3.63) is 95.3 Å². The summed E-state index contributed by atoms with van der Waals surface area (Å²) in [7, 11) is 0. The van der Waals surface area contributed by atoms with Crippen molar-refractivity contribution in [3.63, 3.8) is 0 Å². The van der Waals surface area contributed by atoms with Gasteiger partial charge >= 0.3 is 5.97 Å². The van der Waals surface area contributed by atoms with Crippen molar-refractivity contribution in [1.82, 2.24) is 0 Å². The molecule has 32 heavy (non-hydrogen) atoms. The number of anilines is 2. The van der Waals surface area contributed by atoms with Crippen molar-refractivity contribution in [2.75, 3.05) is 10.2 Å². The van der Waals surface area contributed by atoms with Gasteiger partial charge in [0.2, 0.25) is 0 Å². The van der Waals surface area contributed by atoms with E-state index in [0.29, 0.717) is 0 Å². The molecule has 3 aromatic carbocycles. The van der Waals surface area contributed by atoms with E-state index in [9.17, 15) is 23.6 Å². The third kappa shape index (κ3) is 3.98. The number of benzene rings is 3. The van der Waals surface area contributed by atoms with Gasteiger partial charge in [-0.05, 0) is 55.5 Å². The molecule has 3 amide bonds. The predicted molar refractivity (Wildman–Crippen MR) is 114 cm³/mol. The number of fused-ring (bicyclic) bond motifs is 1. The summed E-state index contributed by atoms with van der Waals surface area (Å²) in [6.07, 6.45) is -1.17. The number of imide groups is 1. The highest BCUT2D eigenvalue weighted by molar-refractivity contribution is 6.34. The highest BCUT2D eigenvalue weighted by Gasteiger charge is 2.36. The van der Waals surface area contributed by atoms with Crippen LogP contribution in [0.3, 0.4) is 0 Å². The van der Waals surface area contributed by atoms with Gasteiger partial charge in [-0.25, -0.2) is 14.1 Å². The summed E-state index contributed by atoms with van der Waals surface area (Å²) in [5.41, 5.74) is 1.07. The number of ether oxygens (including phenoxy) is 1. The van der Waals surface area contributed by atoms with Crippen molar-refractivity contribution >= 4 is 35.1 Å². The largest absolute Gasteiger partial charge is 0.449 e. The fourth-order valence-electron chi connectivity index (χ4n) is 3.29. The number of halogens is 1. The van der Waals surface area contributed by atoms with Gasteiger partial charge in [-0.3, -0.25) is 14.4 Å². The molecule has 8 heteroatoms. The van der Waals surface area contributed by atoms with Crippen LogP contribution in [-0.4, -0.2) is 29.8 Å². The molecule has 0 aromatic heterocycles. The van der Waals surface area contributed by atoms with Gasteiger partial charge in [0.25, 0.3) is 17.7 Å². The van der Waals surface area contributed by atoms with E-state index in [-0.39, 0.29) is 28.1 Å². The molecule has 1 aliphatic heterocycles. The van der Waals surface area contributed by atoms with E-state index in [0.717, 1.165) is 11.0 Å². The van der Waals surface area contributed by atoms with Gasteiger partial charge in [-0.2, -0.15) is 0 Å². The average molecular weight is 432 g/mol. The zero-order valence-electron chi connectivity index (χ0n) is 16.9. The Bertz CT molecular complexity index is 1220. The highest BCUT2D eigenvalue weighted by Crippen LogP contribution is 2.29. The minimum atomic E-state index is -1.17. The van der Waals surface area contributed by atoms with Crippen LogP contribution >= 0.6 is 0 Å². The molecule has 1 aliphatic rings. The fourth-order valence-corrected chi connectivity index (χ4v) is 3.29. The molecule has 3 aromatic rings. The van der Waals surface area contributed by atoms with Crippen LogP contribution in [-0.2, 0) is 9.53 Å². The Kier molecular flexibility index (Phi) is 5.51. The van der Waals surface area contributed by atoms with Crippen LogP contribution in [0.5, 0.6) is 0 Å². The summed E-state index contributed by atoms with van der Waals surface area (Å²) >= 11 is 0. The molecule has 1 atom stereocenters. The number of esters is 1. The first-order valence-electron chi connectivity index (χ1n) is 9.70. The Hall–Kier alpha value is -4.33. The molecule has 0 radical (unpaired) electrons. The Balaban J connectivity index is 1.48. The number of rotatable bonds is 5. The maximum absolute atomic E-state index is 13.3. The topological polar surface area (TPSA) is 92.8 Å². The van der Waals surface area contributed by atoms with E-state index in [1.54, 1.807) is 24.3 Å². The average Bonchev–Trinajstić information content (AvgIpc) is 3.04. The number of nitrogens with one attached hydrogen (secondary N) is 1. The molecule has 0 bridgehead atoms. The van der Waals surface area contributed by atoms with Gasteiger partial charge in [0, 0.05) is 5.69 Å². The van der Waals surface area contributed by atoms with E-state index in [4.69, 9.17) is 4.74 Å². The minimum absolute atomic E-state index is 0.0597. The lowest BCUT2D eigenvalue weighted by Gasteiger charge is -2.16. The van der Waals surface area contributed by atoms with Crippen LogP contribution in [0.4, 0.5) is 15.8 Å². The summed E-state index contributed by atoms with van der Waals surface area (Å²) in [5, 5.41) is 2.46. The van der Waals surface area contributed by atoms with E-state index in [1.807, 2.05) is 0 Å². The summed E-state index contributed by atoms with van der Waals surface area (Å²) in [4.78, 5) is 51.1. The Labute approximate surface area is 182 Å². The monoisotopic (exact) mass is 432 g/mol. The number of carbonyl (C=O) groups excluding carboxylic acids is 4. The van der Waals surface area contributed by atoms with Crippen molar-refractivity contribution in [1.29, 1.82) is 0 Å². The molecule has 1 unspecified atom stereocenters. The number of hydrogen-bond acceptors (Lipinski definition) is 5. The van der Waals surface area contributed by atoms with E-state index >= 15 is 0 Å². The molecule has 0 saturated heterocycles. The number of amides is 3. The van der Waals surface area contributed by atoms with Gasteiger partial charge in [-0.15, -0.1) is 0 Å². The molecule has 0 saturated carbocycles. The molecular weight excluding hydrogens is 415 g/mol. The molecule has 7 nitrogen and oxygen atoms in total. The van der Waals surface area contributed by atoms with Crippen molar-refractivity contribution in [3.8, 4) is 0 Å². The normalized spacial score (nSPS) is 13.5. The van der Waals surface area contributed by atoms with E-state index < -0.39 is 35.6 Å². The lowest BCUT2D eigenvalue weighted by atomic mass is 10.1. The summed E-state index contributed by atoms with van der Waals surface area (Å²) < 4.78 is 18.5. The van der Waals surface area contributed by atoms with Crippen molar-refractivity contribution in [2.24, 2.45) is 0 Å². The standard InChI is InChI=1S/C24H17FN2O5/c1-14(21(28)26-17-8-5-7-16(25)13-17)32-24(31)15-6-4-9-18(12-15)27-22(29)19-10-2-3-11-20(19)23(27)30/h2-14H,1H3,(H,26,28). The smallest absolute Gasteiger partial charge is 0.338 e. The number of hydrogen-bond donors (Lipinski definition) is 1. The summed E-state index contributed by atoms with van der Waals surface area (Å²) in [6.45, 7) is 1.38. The zero-order valence-corrected chi connectivity index (χ0v) is 16.9. The number of carbonyl (C=O) groups is 4. The van der Waals surface area contributed by atoms with Crippen LogP contribution in [0.25, 0.3) is 0 Å². The van der Waals surface area contributed by atoms with Gasteiger partial charge in [0.1, 0.15) is 5.82 Å². The third-order valence-corrected chi connectivity index (χ3v) is 4.88. The second kappa shape index (κ2) is 8.43. The second-order valence-electron chi connectivity index (χ2n) is 7.09. The first kappa shape index (κ1) is 20.9. The van der Waals surface area contributed by atoms with Gasteiger partial charge in [0.15, 0.2) is 6.10 Å². The lowest BCUT2D eigenvalue weighted by molar-refractivity contribution is -0.123. The Morgan fingerprint density at radius 2 is 1.56 bits per heavy atom. The van der Waals surface area contributed by atoms with Crippen LogP contribution in [0.1, 0.15) is 38.0 Å². The summed E-state index contributed by atoms with van der Waals surface area (Å²) in [6, 6.07) is 17.6. The van der Waals surface area contributed by atoms with E-state index in [1.165, 1.54) is 49.4 Å². The maximum atomic E-state index is 13.3. The first-order valence-corrected chi connectivity index (χ1v) is 9.70. The molecule has 0 aliphatic carbocycles. The first-order chi connectivity index (χ1) is 15.3. The van der Waals surface area contributed by atoms with Gasteiger partial charge < -0.3 is 10.1 Å². The highest BCUT2D eigenvalue weighted by atomic mass is 19.1. The fraction of sp³-hybridized carbons (Fsp3) is 0.0833. The molecule has 0 fully saturated rings. The Morgan fingerprint density at radius 3 is 2.22 bits per heavy atom. The van der Waals surface area contributed by atoms with Crippen molar-refractivity contribution in [2.45, 2.75) is 13.0 Å². The second-order valence-corrected chi connectivity index (χ2v) is 7.09. The van der Waals surface area contributed by atoms with Crippen molar-refractivity contribution < 1.29 is 28.3 Å². The third-order valence-electron chi connectivity index (χ3n) is 4.88. The molecule has 1 heterocycles. The quantitative estimate of drug-likeness (QED) is 0.489. The predicted octanol–water partition coefficient (Wildman–Crippen LogP) is 3.81. The molecular formula is C24H17FN2O5. The van der Waals surface area contributed by atoms with E-state index in [2.05, 4.69) is 5.32 Å². The summed E-state index contributed by atoms with van der Waals surface area (Å²) in [5.74, 6) is -2.94. The molecule has 1 N–H and O–H groups in total. The molecule has 160 valence electrons. The lowest BCUT2D eigenvalue weighted by Crippen LogP contribution is -2.31. The maximum Gasteiger partial charge on any atom is 0.338 e. The van der Waals surface area contributed by atoms with Crippen LogP contribution in [0.15, 0.2) is 72.8 Å². The number of nitrogens with zero attached hydrogens (tertiary/aromatic N) is 1. The van der Waals surface area contributed by atoms with Crippen LogP contribution < -0.4 is 10.2 Å². The van der Waals surface area contributed by atoms with Gasteiger partial charge in [0.05, 0.1) is 22.4 Å². The molecule has 0 spiro atoms. The van der Waals surface area contributed by atoms with Gasteiger partial charge in [-0.1, -0.05) is 24.3 Å². The Morgan fingerprint density at radius 1 is 0.906 bits per heavy atom. The van der Waals surface area contributed by atoms with Crippen LogP contribution in [0.2, 0.25) is 0 Å². The molecule has 4 rings (SSSR count).